The lowest BCUT2D eigenvalue weighted by Gasteiger charge is -2.56. The summed E-state index contributed by atoms with van der Waals surface area (Å²) in [7, 11) is 0. The molecule has 1 aliphatic heterocycles. The average Bonchev–Trinajstić information content (AvgIpc) is 3.13. The van der Waals surface area contributed by atoms with Crippen LogP contribution >= 0.6 is 0 Å². The van der Waals surface area contributed by atoms with Crippen molar-refractivity contribution in [3.63, 3.8) is 0 Å². The van der Waals surface area contributed by atoms with Crippen LogP contribution in [0.25, 0.3) is 0 Å². The Labute approximate surface area is 251 Å². The minimum absolute atomic E-state index is 0.0417. The number of esters is 2. The number of carbonyl (C=O) groups is 3. The van der Waals surface area contributed by atoms with Crippen LogP contribution in [-0.2, 0) is 23.9 Å². The second kappa shape index (κ2) is 10.4. The molecule has 0 unspecified atom stereocenters. The lowest BCUT2D eigenvalue weighted by molar-refractivity contribution is -0.162. The fraction of sp³-hybridized carbons (Fsp3) is 0.639. The van der Waals surface area contributed by atoms with Gasteiger partial charge in [-0.05, 0) is 78.1 Å². The Morgan fingerprint density at radius 3 is 2.38 bits per heavy atom. The van der Waals surface area contributed by atoms with Crippen molar-refractivity contribution in [2.75, 3.05) is 0 Å². The minimum Gasteiger partial charge on any atom is -0.511 e. The van der Waals surface area contributed by atoms with Crippen LogP contribution in [0.15, 0.2) is 57.9 Å². The van der Waals surface area contributed by atoms with Crippen molar-refractivity contribution in [1.29, 1.82) is 0 Å². The first-order valence-corrected chi connectivity index (χ1v) is 15.7. The summed E-state index contributed by atoms with van der Waals surface area (Å²) in [6, 6.07) is 0. The summed E-state index contributed by atoms with van der Waals surface area (Å²) >= 11 is 0. The summed E-state index contributed by atoms with van der Waals surface area (Å²) in [6.07, 6.45) is 11.9. The molecule has 1 spiro atoms. The molecule has 9 atom stereocenters. The van der Waals surface area contributed by atoms with Gasteiger partial charge < -0.3 is 14.6 Å². The van der Waals surface area contributed by atoms with Crippen LogP contribution in [0.5, 0.6) is 0 Å². The summed E-state index contributed by atoms with van der Waals surface area (Å²) in [6.45, 7) is 18.0. The number of allylic oxidation sites excluding steroid dienone is 6. The van der Waals surface area contributed by atoms with Gasteiger partial charge in [0, 0.05) is 30.6 Å². The van der Waals surface area contributed by atoms with Gasteiger partial charge in [0.2, 0.25) is 5.78 Å². The van der Waals surface area contributed by atoms with Crippen molar-refractivity contribution in [2.24, 2.45) is 40.4 Å². The molecule has 5 aliphatic rings. The minimum atomic E-state index is -1.42. The highest BCUT2D eigenvalue weighted by molar-refractivity contribution is 6.26. The molecule has 4 aliphatic carbocycles. The zero-order valence-electron chi connectivity index (χ0n) is 26.8. The van der Waals surface area contributed by atoms with E-state index in [1.807, 2.05) is 13.8 Å². The summed E-state index contributed by atoms with van der Waals surface area (Å²) in [4.78, 5) is 40.8. The van der Waals surface area contributed by atoms with Gasteiger partial charge in [-0.25, -0.2) is 4.79 Å². The molecule has 2 fully saturated rings. The number of rotatable bonds is 1. The van der Waals surface area contributed by atoms with E-state index >= 15 is 0 Å². The van der Waals surface area contributed by atoms with E-state index in [0.29, 0.717) is 6.42 Å². The number of carbonyl (C=O) groups excluding carboxylic acids is 3. The van der Waals surface area contributed by atoms with Gasteiger partial charge in [-0.1, -0.05) is 67.4 Å². The largest absolute Gasteiger partial charge is 0.511 e. The highest BCUT2D eigenvalue weighted by Gasteiger charge is 2.66. The molecule has 1 heterocycles. The van der Waals surface area contributed by atoms with Gasteiger partial charge in [0.05, 0.1) is 5.41 Å². The SMILES string of the molecule is CC(=O)O[C@H]1CC[C@H](C)[C@@H]2[C@@H]1C=C(C)[C@H]1/C(C)=C/CC/C(C)=C/[C@@]3(C)C=C(C)[C@H](C)C[C@]34OC(=O)/C(=C(\O)[C@@]21C)C4=O. The van der Waals surface area contributed by atoms with Gasteiger partial charge in [-0.2, -0.15) is 0 Å². The molecule has 2 bridgehead atoms. The highest BCUT2D eigenvalue weighted by Crippen LogP contribution is 2.62. The molecule has 6 heteroatoms. The van der Waals surface area contributed by atoms with E-state index < -0.39 is 28.2 Å². The number of ether oxygens (including phenoxy) is 2. The molecular formula is C36H48O6. The summed E-state index contributed by atoms with van der Waals surface area (Å²) in [5.74, 6) is -2.01. The lowest BCUT2D eigenvalue weighted by Crippen LogP contribution is -2.54. The third-order valence-electron chi connectivity index (χ3n) is 11.5. The van der Waals surface area contributed by atoms with E-state index in [-0.39, 0.29) is 53.0 Å². The predicted molar refractivity (Wildman–Crippen MR) is 162 cm³/mol. The Hall–Kier alpha value is -2.89. The van der Waals surface area contributed by atoms with Crippen molar-refractivity contribution in [3.05, 3.63) is 57.9 Å². The van der Waals surface area contributed by atoms with E-state index in [9.17, 15) is 19.5 Å². The number of hydrogen-bond donors (Lipinski definition) is 1. The Morgan fingerprint density at radius 2 is 1.71 bits per heavy atom. The third-order valence-corrected chi connectivity index (χ3v) is 11.5. The van der Waals surface area contributed by atoms with E-state index in [4.69, 9.17) is 9.47 Å². The topological polar surface area (TPSA) is 89.9 Å². The number of aliphatic hydroxyl groups is 1. The van der Waals surface area contributed by atoms with E-state index in [2.05, 4.69) is 65.8 Å². The molecular weight excluding hydrogens is 528 g/mol. The van der Waals surface area contributed by atoms with Crippen LogP contribution in [0.2, 0.25) is 0 Å². The molecule has 0 aromatic rings. The van der Waals surface area contributed by atoms with Crippen LogP contribution in [0, 0.1) is 40.4 Å². The van der Waals surface area contributed by atoms with Crippen molar-refractivity contribution < 1.29 is 29.0 Å². The molecule has 6 nitrogen and oxygen atoms in total. The Kier molecular flexibility index (Phi) is 7.55. The maximum absolute atomic E-state index is 14.8. The van der Waals surface area contributed by atoms with Gasteiger partial charge >= 0.3 is 11.9 Å². The maximum Gasteiger partial charge on any atom is 0.346 e. The van der Waals surface area contributed by atoms with Crippen LogP contribution < -0.4 is 0 Å². The van der Waals surface area contributed by atoms with Crippen molar-refractivity contribution in [3.8, 4) is 0 Å². The molecule has 5 rings (SSSR count). The van der Waals surface area contributed by atoms with Crippen LogP contribution in [0.3, 0.4) is 0 Å². The lowest BCUT2D eigenvalue weighted by atomic mass is 9.49. The maximum atomic E-state index is 14.8. The quantitative estimate of drug-likeness (QED) is 0.197. The molecule has 42 heavy (non-hydrogen) atoms. The first-order valence-electron chi connectivity index (χ1n) is 15.7. The second-order valence-corrected chi connectivity index (χ2v) is 14.5. The summed E-state index contributed by atoms with van der Waals surface area (Å²) in [5, 5.41) is 12.5. The zero-order valence-corrected chi connectivity index (χ0v) is 26.8. The second-order valence-electron chi connectivity index (χ2n) is 14.5. The van der Waals surface area contributed by atoms with Crippen molar-refractivity contribution in [1.82, 2.24) is 0 Å². The van der Waals surface area contributed by atoms with Gasteiger partial charge in [-0.15, -0.1) is 0 Å². The molecule has 0 aromatic carbocycles. The van der Waals surface area contributed by atoms with Crippen molar-refractivity contribution >= 4 is 17.7 Å². The smallest absolute Gasteiger partial charge is 0.346 e. The molecule has 1 saturated carbocycles. The Morgan fingerprint density at radius 1 is 1.02 bits per heavy atom. The number of ketones is 1. The van der Waals surface area contributed by atoms with Gasteiger partial charge in [0.25, 0.3) is 0 Å². The Bertz CT molecular complexity index is 1370. The Balaban J connectivity index is 1.80. The standard InChI is InChI=1S/C36H48O6/c1-19-11-10-12-20(2)29-22(4)15-26-27(41-25(7)37)14-13-21(3)30(26)35(29,9)31(38)28-32(39)36(42-33(28)40)18-24(6)23(5)17-34(36,8)16-19/h12,15-17,21,24,26-27,29-30,38H,10-11,13-14,18H2,1-9H3/b19-16+,20-12+,31-28-/t21-,24+,26+,27-,29+,30+,34-,35+,36+/m0/s1. The molecule has 0 aromatic heterocycles. The van der Waals surface area contributed by atoms with Crippen LogP contribution in [0.4, 0.5) is 0 Å². The first-order chi connectivity index (χ1) is 19.6. The van der Waals surface area contributed by atoms with Crippen LogP contribution in [-0.4, -0.2) is 34.5 Å². The molecule has 228 valence electrons. The third kappa shape index (κ3) is 4.38. The normalized spacial score (nSPS) is 46.4. The molecule has 1 saturated heterocycles. The molecule has 0 radical (unpaired) electrons. The number of aliphatic hydroxyl groups excluding tert-OH is 1. The fourth-order valence-corrected chi connectivity index (χ4v) is 9.60. The number of hydrogen-bond acceptors (Lipinski definition) is 6. The monoisotopic (exact) mass is 576 g/mol. The zero-order chi connectivity index (χ0) is 30.9. The number of Topliss-reactive ketones (excluding diaryl/α,β-unsaturated/α-hetero) is 1. The first kappa shape index (κ1) is 30.6. The van der Waals surface area contributed by atoms with E-state index in [0.717, 1.165) is 48.0 Å². The summed E-state index contributed by atoms with van der Waals surface area (Å²) in [5.41, 5.74) is 0.982. The average molecular weight is 577 g/mol. The van der Waals surface area contributed by atoms with Gasteiger partial charge in [0.1, 0.15) is 17.4 Å². The van der Waals surface area contributed by atoms with Gasteiger partial charge in [0.15, 0.2) is 5.60 Å². The fourth-order valence-electron chi connectivity index (χ4n) is 9.60. The summed E-state index contributed by atoms with van der Waals surface area (Å²) < 4.78 is 12.1. The van der Waals surface area contributed by atoms with Crippen LogP contribution in [0.1, 0.15) is 94.4 Å². The number of fused-ring (bicyclic) bond motifs is 4. The molecule has 1 N–H and O–H groups in total. The highest BCUT2D eigenvalue weighted by atomic mass is 16.6. The van der Waals surface area contributed by atoms with E-state index in [1.165, 1.54) is 6.92 Å². The van der Waals surface area contributed by atoms with Gasteiger partial charge in [-0.3, -0.25) is 9.59 Å². The predicted octanol–water partition coefficient (Wildman–Crippen LogP) is 7.52. The van der Waals surface area contributed by atoms with Crippen molar-refractivity contribution in [2.45, 2.75) is 106 Å². The molecule has 0 amide bonds. The van der Waals surface area contributed by atoms with E-state index in [1.54, 1.807) is 0 Å².